The van der Waals surface area contributed by atoms with Gasteiger partial charge in [-0.15, -0.1) is 0 Å². The summed E-state index contributed by atoms with van der Waals surface area (Å²) in [5.74, 6) is 0. The lowest BCUT2D eigenvalue weighted by Gasteiger charge is -2.32. The van der Waals surface area contributed by atoms with E-state index in [1.165, 1.54) is 6.08 Å². The second-order valence-corrected chi connectivity index (χ2v) is 7.60. The van der Waals surface area contributed by atoms with Gasteiger partial charge in [-0.3, -0.25) is 0 Å². The highest BCUT2D eigenvalue weighted by molar-refractivity contribution is 7.89. The first-order valence-corrected chi connectivity index (χ1v) is 9.53. The molecule has 1 unspecified atom stereocenters. The number of ether oxygens (including phenoxy) is 2. The van der Waals surface area contributed by atoms with Crippen molar-refractivity contribution in [2.24, 2.45) is 0 Å². The molecule has 0 aromatic heterocycles. The number of benzene rings is 2. The van der Waals surface area contributed by atoms with Crippen molar-refractivity contribution in [2.45, 2.75) is 36.9 Å². The molecule has 2 aromatic carbocycles. The van der Waals surface area contributed by atoms with E-state index in [1.54, 1.807) is 12.1 Å². The van der Waals surface area contributed by atoms with Crippen molar-refractivity contribution in [3.05, 3.63) is 76.7 Å². The molecule has 1 aliphatic heterocycles. The van der Waals surface area contributed by atoms with Crippen molar-refractivity contribution in [1.29, 1.82) is 0 Å². The van der Waals surface area contributed by atoms with Crippen LogP contribution in [0.3, 0.4) is 0 Å². The van der Waals surface area contributed by atoms with Gasteiger partial charge in [-0.2, -0.15) is 0 Å². The predicted octanol–water partition coefficient (Wildman–Crippen LogP) is 2.28. The molecule has 0 saturated carbocycles. The number of aliphatic hydroxyl groups excluding tert-OH is 2. The maximum atomic E-state index is 12.9. The molecular formula is C20H22O5S. The Kier molecular flexibility index (Phi) is 6.34. The maximum absolute atomic E-state index is 12.9. The van der Waals surface area contributed by atoms with E-state index in [9.17, 15) is 14.4 Å². The van der Waals surface area contributed by atoms with Crippen molar-refractivity contribution in [3.8, 4) is 0 Å². The first-order chi connectivity index (χ1) is 12.6. The third-order valence-corrected chi connectivity index (χ3v) is 5.65. The van der Waals surface area contributed by atoms with Crippen LogP contribution in [-0.2, 0) is 26.9 Å². The molecule has 4 atom stereocenters. The highest BCUT2D eigenvalue weighted by Crippen LogP contribution is 2.27. The van der Waals surface area contributed by atoms with Gasteiger partial charge in [-0.1, -0.05) is 48.0 Å². The van der Waals surface area contributed by atoms with Gasteiger partial charge in [0.05, 0.1) is 28.9 Å². The topological polar surface area (TPSA) is 76.0 Å². The molecule has 0 bridgehead atoms. The van der Waals surface area contributed by atoms with Crippen molar-refractivity contribution >= 4 is 10.8 Å². The number of aliphatic hydroxyl groups is 2. The number of rotatable bonds is 6. The molecule has 0 saturated heterocycles. The summed E-state index contributed by atoms with van der Waals surface area (Å²) in [7, 11) is -1.56. The van der Waals surface area contributed by atoms with E-state index >= 15 is 0 Å². The Morgan fingerprint density at radius 2 is 1.81 bits per heavy atom. The Morgan fingerprint density at radius 3 is 2.46 bits per heavy atom. The SMILES string of the molecule is Cc1ccc(S(=O)C2=C[C@@H](OCc3ccccc3)O[C@H](CO)[C@H]2O)cc1. The Bertz CT molecular complexity index is 773. The second kappa shape index (κ2) is 8.70. The molecule has 0 spiro atoms. The average molecular weight is 374 g/mol. The largest absolute Gasteiger partial charge is 0.394 e. The Morgan fingerprint density at radius 1 is 1.12 bits per heavy atom. The molecule has 0 fully saturated rings. The first kappa shape index (κ1) is 18.9. The molecule has 0 radical (unpaired) electrons. The summed E-state index contributed by atoms with van der Waals surface area (Å²) in [5, 5.41) is 19.9. The van der Waals surface area contributed by atoms with E-state index in [4.69, 9.17) is 9.47 Å². The van der Waals surface area contributed by atoms with Crippen LogP contribution in [0.2, 0.25) is 0 Å². The quantitative estimate of drug-likeness (QED) is 0.811. The van der Waals surface area contributed by atoms with Crippen molar-refractivity contribution < 1.29 is 23.9 Å². The number of aryl methyl sites for hydroxylation is 1. The third-order valence-electron chi connectivity index (χ3n) is 4.14. The molecule has 2 N–H and O–H groups in total. The molecule has 0 aliphatic carbocycles. The van der Waals surface area contributed by atoms with Gasteiger partial charge in [0.15, 0.2) is 6.29 Å². The van der Waals surface area contributed by atoms with Crippen LogP contribution in [0.1, 0.15) is 11.1 Å². The van der Waals surface area contributed by atoms with Gasteiger partial charge in [0, 0.05) is 4.90 Å². The number of hydrogen-bond acceptors (Lipinski definition) is 5. The van der Waals surface area contributed by atoms with Crippen molar-refractivity contribution in [2.75, 3.05) is 6.61 Å². The van der Waals surface area contributed by atoms with Crippen LogP contribution in [0.15, 0.2) is 70.5 Å². The lowest BCUT2D eigenvalue weighted by molar-refractivity contribution is -0.185. The molecule has 3 rings (SSSR count). The van der Waals surface area contributed by atoms with Gasteiger partial charge in [-0.05, 0) is 30.7 Å². The van der Waals surface area contributed by atoms with E-state index in [1.807, 2.05) is 49.4 Å². The summed E-state index contributed by atoms with van der Waals surface area (Å²) in [4.78, 5) is 0.874. The van der Waals surface area contributed by atoms with Crippen molar-refractivity contribution in [3.63, 3.8) is 0 Å². The van der Waals surface area contributed by atoms with Crippen LogP contribution in [0.25, 0.3) is 0 Å². The molecule has 1 heterocycles. The highest BCUT2D eigenvalue weighted by atomic mass is 32.2. The fraction of sp³-hybridized carbons (Fsp3) is 0.300. The van der Waals surface area contributed by atoms with Crippen LogP contribution in [0, 0.1) is 6.92 Å². The average Bonchev–Trinajstić information content (AvgIpc) is 2.68. The summed E-state index contributed by atoms with van der Waals surface area (Å²) in [6.07, 6.45) is -1.29. The maximum Gasteiger partial charge on any atom is 0.179 e. The monoisotopic (exact) mass is 374 g/mol. The van der Waals surface area contributed by atoms with E-state index in [0.29, 0.717) is 11.5 Å². The molecular weight excluding hydrogens is 352 g/mol. The van der Waals surface area contributed by atoms with Crippen LogP contribution in [0.5, 0.6) is 0 Å². The van der Waals surface area contributed by atoms with Crippen molar-refractivity contribution in [1.82, 2.24) is 0 Å². The molecule has 0 amide bonds. The van der Waals surface area contributed by atoms with Gasteiger partial charge in [0.1, 0.15) is 12.2 Å². The van der Waals surface area contributed by atoms with Gasteiger partial charge in [-0.25, -0.2) is 4.21 Å². The Balaban J connectivity index is 1.79. The van der Waals surface area contributed by atoms with Crippen LogP contribution in [0.4, 0.5) is 0 Å². The van der Waals surface area contributed by atoms with Gasteiger partial charge < -0.3 is 19.7 Å². The Labute approximate surface area is 155 Å². The zero-order chi connectivity index (χ0) is 18.5. The fourth-order valence-electron chi connectivity index (χ4n) is 2.65. The highest BCUT2D eigenvalue weighted by Gasteiger charge is 2.34. The third kappa shape index (κ3) is 4.47. The summed E-state index contributed by atoms with van der Waals surface area (Å²) >= 11 is 0. The first-order valence-electron chi connectivity index (χ1n) is 8.38. The minimum absolute atomic E-state index is 0.289. The molecule has 2 aromatic rings. The standard InChI is InChI=1S/C20H22O5S/c1-14-7-9-16(10-8-14)26(23)18-11-19(25-17(12-21)20(18)22)24-13-15-5-3-2-4-6-15/h2-11,17,19-22H,12-13H2,1H3/t17-,19+,20-,26?/m1/s1. The minimum atomic E-state index is -1.56. The summed E-state index contributed by atoms with van der Waals surface area (Å²) < 4.78 is 24.2. The molecule has 5 nitrogen and oxygen atoms in total. The number of hydrogen-bond donors (Lipinski definition) is 2. The van der Waals surface area contributed by atoms with E-state index in [0.717, 1.165) is 11.1 Å². The summed E-state index contributed by atoms with van der Waals surface area (Å²) in [6, 6.07) is 16.9. The lowest BCUT2D eigenvalue weighted by Crippen LogP contribution is -2.42. The molecule has 1 aliphatic rings. The van der Waals surface area contributed by atoms with E-state index in [-0.39, 0.29) is 4.91 Å². The van der Waals surface area contributed by atoms with E-state index in [2.05, 4.69) is 0 Å². The fourth-order valence-corrected chi connectivity index (χ4v) is 3.92. The van der Waals surface area contributed by atoms with Crippen LogP contribution >= 0.6 is 0 Å². The zero-order valence-corrected chi connectivity index (χ0v) is 15.3. The molecule has 26 heavy (non-hydrogen) atoms. The lowest BCUT2D eigenvalue weighted by atomic mass is 10.1. The minimum Gasteiger partial charge on any atom is -0.394 e. The molecule has 6 heteroatoms. The van der Waals surface area contributed by atoms with Gasteiger partial charge >= 0.3 is 0 Å². The van der Waals surface area contributed by atoms with Crippen LogP contribution < -0.4 is 0 Å². The van der Waals surface area contributed by atoms with Gasteiger partial charge in [0.25, 0.3) is 0 Å². The predicted molar refractivity (Wildman–Crippen MR) is 98.7 cm³/mol. The van der Waals surface area contributed by atoms with Crippen LogP contribution in [-0.4, -0.2) is 39.5 Å². The zero-order valence-electron chi connectivity index (χ0n) is 14.4. The molecule has 138 valence electrons. The second-order valence-electron chi connectivity index (χ2n) is 6.12. The Hall–Kier alpha value is -1.83. The summed E-state index contributed by atoms with van der Waals surface area (Å²) in [6.45, 7) is 1.86. The van der Waals surface area contributed by atoms with Gasteiger partial charge in [0.2, 0.25) is 0 Å². The summed E-state index contributed by atoms with van der Waals surface area (Å²) in [5.41, 5.74) is 2.03. The normalized spacial score (nSPS) is 24.1. The smallest absolute Gasteiger partial charge is 0.179 e. The van der Waals surface area contributed by atoms with E-state index < -0.39 is 35.9 Å².